The molecule has 0 amide bonds. The molecule has 0 aliphatic rings. The normalized spacial score (nSPS) is 10.6. The van der Waals surface area contributed by atoms with E-state index in [2.05, 4.69) is 4.74 Å². The van der Waals surface area contributed by atoms with Gasteiger partial charge in [-0.15, -0.1) is 0 Å². The van der Waals surface area contributed by atoms with Gasteiger partial charge in [0, 0.05) is 12.1 Å². The number of esters is 1. The molecule has 0 spiro atoms. The highest BCUT2D eigenvalue weighted by Gasteiger charge is 2.17. The summed E-state index contributed by atoms with van der Waals surface area (Å²) in [7, 11) is 0. The molecule has 116 valence electrons. The van der Waals surface area contributed by atoms with Crippen molar-refractivity contribution in [3.8, 4) is 5.75 Å². The highest BCUT2D eigenvalue weighted by Crippen LogP contribution is 2.21. The fourth-order valence-corrected chi connectivity index (χ4v) is 1.92. The van der Waals surface area contributed by atoms with E-state index in [0.29, 0.717) is 18.6 Å². The standard InChI is InChI=1S/C16H12F4O2/c1-2-3-9-4-5-11(12(17)6-9)16(21)22-10-7-13(18)15(20)14(19)8-10/h4-8H,2-3H2,1H3. The van der Waals surface area contributed by atoms with Crippen LogP contribution in [-0.4, -0.2) is 5.97 Å². The lowest BCUT2D eigenvalue weighted by molar-refractivity contribution is 0.0728. The molecule has 0 saturated heterocycles. The van der Waals surface area contributed by atoms with Crippen LogP contribution in [0.2, 0.25) is 0 Å². The molecule has 0 N–H and O–H groups in total. The summed E-state index contributed by atoms with van der Waals surface area (Å²) in [5, 5.41) is 0. The van der Waals surface area contributed by atoms with Gasteiger partial charge in [-0.25, -0.2) is 22.4 Å². The van der Waals surface area contributed by atoms with E-state index in [1.807, 2.05) is 6.92 Å². The van der Waals surface area contributed by atoms with Crippen LogP contribution in [0, 0.1) is 23.3 Å². The van der Waals surface area contributed by atoms with Crippen LogP contribution in [-0.2, 0) is 6.42 Å². The van der Waals surface area contributed by atoms with Gasteiger partial charge in [-0.2, -0.15) is 0 Å². The topological polar surface area (TPSA) is 26.3 Å². The molecule has 0 bridgehead atoms. The number of carbonyl (C=O) groups excluding carboxylic acids is 1. The quantitative estimate of drug-likeness (QED) is 0.362. The molecule has 0 atom stereocenters. The summed E-state index contributed by atoms with van der Waals surface area (Å²) in [4.78, 5) is 11.8. The Kier molecular flexibility index (Phi) is 4.80. The maximum Gasteiger partial charge on any atom is 0.346 e. The first kappa shape index (κ1) is 16.0. The van der Waals surface area contributed by atoms with Gasteiger partial charge in [0.05, 0.1) is 5.56 Å². The van der Waals surface area contributed by atoms with Crippen molar-refractivity contribution >= 4 is 5.97 Å². The van der Waals surface area contributed by atoms with E-state index in [1.54, 1.807) is 6.07 Å². The minimum atomic E-state index is -1.67. The minimum Gasteiger partial charge on any atom is -0.423 e. The predicted octanol–water partition coefficient (Wildman–Crippen LogP) is 4.41. The smallest absolute Gasteiger partial charge is 0.346 e. The first-order valence-electron chi connectivity index (χ1n) is 6.57. The van der Waals surface area contributed by atoms with Crippen molar-refractivity contribution in [2.45, 2.75) is 19.8 Å². The van der Waals surface area contributed by atoms with Crippen LogP contribution in [0.4, 0.5) is 17.6 Å². The number of rotatable bonds is 4. The van der Waals surface area contributed by atoms with E-state index < -0.39 is 35.0 Å². The van der Waals surface area contributed by atoms with Crippen LogP contribution >= 0.6 is 0 Å². The van der Waals surface area contributed by atoms with E-state index in [9.17, 15) is 22.4 Å². The van der Waals surface area contributed by atoms with Crippen LogP contribution in [0.25, 0.3) is 0 Å². The van der Waals surface area contributed by atoms with Crippen molar-refractivity contribution in [3.63, 3.8) is 0 Å². The number of halogens is 4. The summed E-state index contributed by atoms with van der Waals surface area (Å²) in [6.45, 7) is 1.93. The summed E-state index contributed by atoms with van der Waals surface area (Å²) in [5.41, 5.74) is 0.348. The van der Waals surface area contributed by atoms with Crippen LogP contribution < -0.4 is 4.74 Å². The van der Waals surface area contributed by atoms with Gasteiger partial charge in [0.25, 0.3) is 0 Å². The molecule has 0 aromatic heterocycles. The van der Waals surface area contributed by atoms with Crippen LogP contribution in [0.3, 0.4) is 0 Å². The van der Waals surface area contributed by atoms with Crippen molar-refractivity contribution in [2.24, 2.45) is 0 Å². The fourth-order valence-electron chi connectivity index (χ4n) is 1.92. The Hall–Kier alpha value is -2.37. The molecule has 0 unspecified atom stereocenters. The fraction of sp³-hybridized carbons (Fsp3) is 0.188. The average molecular weight is 312 g/mol. The molecular weight excluding hydrogens is 300 g/mol. The zero-order chi connectivity index (χ0) is 16.3. The zero-order valence-electron chi connectivity index (χ0n) is 11.6. The van der Waals surface area contributed by atoms with E-state index in [-0.39, 0.29) is 5.56 Å². The highest BCUT2D eigenvalue weighted by atomic mass is 19.2. The van der Waals surface area contributed by atoms with E-state index in [1.165, 1.54) is 12.1 Å². The number of hydrogen-bond acceptors (Lipinski definition) is 2. The maximum atomic E-state index is 13.8. The summed E-state index contributed by atoms with van der Waals surface area (Å²) < 4.78 is 57.4. The van der Waals surface area contributed by atoms with Crippen molar-refractivity contribution in [1.82, 2.24) is 0 Å². The Labute approximate surface area is 124 Å². The van der Waals surface area contributed by atoms with E-state index in [4.69, 9.17) is 0 Å². The SMILES string of the molecule is CCCc1ccc(C(=O)Oc2cc(F)c(F)c(F)c2)c(F)c1. The summed E-state index contributed by atoms with van der Waals surface area (Å²) >= 11 is 0. The third-order valence-corrected chi connectivity index (χ3v) is 2.96. The molecule has 2 aromatic rings. The molecule has 2 nitrogen and oxygen atoms in total. The molecule has 0 fully saturated rings. The van der Waals surface area contributed by atoms with Gasteiger partial charge in [0.2, 0.25) is 0 Å². The van der Waals surface area contributed by atoms with Crippen molar-refractivity contribution in [3.05, 3.63) is 64.7 Å². The molecule has 22 heavy (non-hydrogen) atoms. The van der Waals surface area contributed by atoms with Crippen LogP contribution in [0.5, 0.6) is 5.75 Å². The first-order chi connectivity index (χ1) is 10.4. The van der Waals surface area contributed by atoms with Crippen LogP contribution in [0.1, 0.15) is 29.3 Å². The lowest BCUT2D eigenvalue weighted by Crippen LogP contribution is -2.11. The molecule has 0 aliphatic heterocycles. The van der Waals surface area contributed by atoms with Gasteiger partial charge in [-0.05, 0) is 24.1 Å². The molecule has 6 heteroatoms. The van der Waals surface area contributed by atoms with Gasteiger partial charge in [0.15, 0.2) is 17.5 Å². The van der Waals surface area contributed by atoms with Crippen molar-refractivity contribution in [1.29, 1.82) is 0 Å². The average Bonchev–Trinajstić information content (AvgIpc) is 2.45. The van der Waals surface area contributed by atoms with Gasteiger partial charge in [-0.1, -0.05) is 19.4 Å². The Morgan fingerprint density at radius 2 is 1.64 bits per heavy atom. The Bertz CT molecular complexity index is 690. The third kappa shape index (κ3) is 3.44. The maximum absolute atomic E-state index is 13.8. The second-order valence-corrected chi connectivity index (χ2v) is 4.65. The molecule has 2 aromatic carbocycles. The predicted molar refractivity (Wildman–Crippen MR) is 71.7 cm³/mol. The number of ether oxygens (including phenoxy) is 1. The second-order valence-electron chi connectivity index (χ2n) is 4.65. The Balaban J connectivity index is 2.22. The number of carbonyl (C=O) groups is 1. The minimum absolute atomic E-state index is 0.370. The largest absolute Gasteiger partial charge is 0.423 e. The van der Waals surface area contributed by atoms with Gasteiger partial charge >= 0.3 is 5.97 Å². The molecular formula is C16H12F4O2. The number of aryl methyl sites for hydroxylation is 1. The summed E-state index contributed by atoms with van der Waals surface area (Å²) in [6.07, 6.45) is 1.47. The monoisotopic (exact) mass is 312 g/mol. The van der Waals surface area contributed by atoms with E-state index in [0.717, 1.165) is 12.0 Å². The van der Waals surface area contributed by atoms with Gasteiger partial charge in [0.1, 0.15) is 11.6 Å². The molecule has 0 saturated carbocycles. The van der Waals surface area contributed by atoms with Gasteiger partial charge < -0.3 is 4.74 Å². The molecule has 2 rings (SSSR count). The highest BCUT2D eigenvalue weighted by molar-refractivity contribution is 5.91. The van der Waals surface area contributed by atoms with Gasteiger partial charge in [-0.3, -0.25) is 0 Å². The van der Waals surface area contributed by atoms with E-state index >= 15 is 0 Å². The molecule has 0 aliphatic carbocycles. The first-order valence-corrected chi connectivity index (χ1v) is 6.57. The molecule has 0 heterocycles. The third-order valence-electron chi connectivity index (χ3n) is 2.96. The summed E-state index contributed by atoms with van der Waals surface area (Å²) in [6, 6.07) is 5.03. The number of hydrogen-bond donors (Lipinski definition) is 0. The van der Waals surface area contributed by atoms with Crippen LogP contribution in [0.15, 0.2) is 30.3 Å². The Morgan fingerprint density at radius 3 is 2.18 bits per heavy atom. The number of benzene rings is 2. The van der Waals surface area contributed by atoms with Crippen molar-refractivity contribution < 1.29 is 27.1 Å². The zero-order valence-corrected chi connectivity index (χ0v) is 11.6. The Morgan fingerprint density at radius 1 is 1.00 bits per heavy atom. The summed E-state index contributed by atoms with van der Waals surface area (Å²) in [5.74, 6) is -7.12. The second kappa shape index (κ2) is 6.60. The van der Waals surface area contributed by atoms with Crippen molar-refractivity contribution in [2.75, 3.05) is 0 Å². The lowest BCUT2D eigenvalue weighted by Gasteiger charge is -2.07. The lowest BCUT2D eigenvalue weighted by atomic mass is 10.1. The molecule has 0 radical (unpaired) electrons.